The van der Waals surface area contributed by atoms with Gasteiger partial charge in [0.05, 0.1) is 11.6 Å². The van der Waals surface area contributed by atoms with Crippen LogP contribution in [0.5, 0.6) is 0 Å². The van der Waals surface area contributed by atoms with Crippen molar-refractivity contribution in [1.29, 1.82) is 0 Å². The molecule has 0 radical (unpaired) electrons. The minimum absolute atomic E-state index is 0.0212. The number of epoxide rings is 1. The maximum absolute atomic E-state index is 13.1. The number of nitrogens with zero attached hydrogens (tertiary/aromatic N) is 1. The summed E-state index contributed by atoms with van der Waals surface area (Å²) in [5.74, 6) is -1.64. The number of hydrogen-bond donors (Lipinski definition) is 2. The number of aliphatic hydroxyl groups is 2. The van der Waals surface area contributed by atoms with E-state index in [1.807, 2.05) is 26.2 Å². The number of carbonyl (C=O) groups is 2. The predicted octanol–water partition coefficient (Wildman–Crippen LogP) is 4.87. The van der Waals surface area contributed by atoms with Gasteiger partial charge in [0, 0.05) is 23.1 Å². The molecule has 0 saturated carbocycles. The number of aromatic nitrogens is 1. The quantitative estimate of drug-likeness (QED) is 0.328. The lowest BCUT2D eigenvalue weighted by molar-refractivity contribution is -0.165. The highest BCUT2D eigenvalue weighted by Crippen LogP contribution is 2.43. The van der Waals surface area contributed by atoms with E-state index in [-0.39, 0.29) is 18.1 Å². The Kier molecular flexibility index (Phi) is 9.19. The highest BCUT2D eigenvalue weighted by atomic mass is 35.5. The lowest BCUT2D eigenvalue weighted by atomic mass is 9.75. The third-order valence-corrected chi connectivity index (χ3v) is 8.48. The molecule has 9 heteroatoms. The summed E-state index contributed by atoms with van der Waals surface area (Å²) in [6, 6.07) is 0. The molecule has 35 heavy (non-hydrogen) atoms. The number of ether oxygens (including phenoxy) is 2. The predicted molar refractivity (Wildman–Crippen MR) is 136 cm³/mol. The van der Waals surface area contributed by atoms with Gasteiger partial charge in [-0.1, -0.05) is 40.5 Å². The maximum Gasteiger partial charge on any atom is 0.306 e. The summed E-state index contributed by atoms with van der Waals surface area (Å²) in [5, 5.41) is 24.7. The summed E-state index contributed by atoms with van der Waals surface area (Å²) >= 11 is 7.27. The van der Waals surface area contributed by atoms with Crippen LogP contribution >= 0.6 is 22.9 Å². The highest BCUT2D eigenvalue weighted by molar-refractivity contribution is 7.09. The number of carbonyl (C=O) groups excluding carboxylic acids is 2. The Morgan fingerprint density at radius 2 is 2.03 bits per heavy atom. The van der Waals surface area contributed by atoms with Crippen LogP contribution in [0, 0.1) is 17.3 Å². The Morgan fingerprint density at radius 1 is 1.31 bits per heavy atom. The molecule has 0 bridgehead atoms. The van der Waals surface area contributed by atoms with E-state index in [4.69, 9.17) is 21.1 Å². The van der Waals surface area contributed by atoms with Crippen molar-refractivity contribution in [1.82, 2.24) is 4.98 Å². The number of fused-ring (bicyclic) bond motifs is 1. The number of esters is 1. The van der Waals surface area contributed by atoms with Crippen LogP contribution in [0.1, 0.15) is 83.8 Å². The number of cyclic esters (lactones) is 1. The van der Waals surface area contributed by atoms with Crippen LogP contribution in [0.2, 0.25) is 0 Å². The Balaban J connectivity index is 1.85. The van der Waals surface area contributed by atoms with Crippen molar-refractivity contribution in [2.24, 2.45) is 17.3 Å². The highest BCUT2D eigenvalue weighted by Gasteiger charge is 2.63. The molecule has 7 nitrogen and oxygen atoms in total. The van der Waals surface area contributed by atoms with Crippen molar-refractivity contribution in [3.63, 3.8) is 0 Å². The van der Waals surface area contributed by atoms with E-state index in [9.17, 15) is 19.8 Å². The number of ketones is 1. The second-order valence-corrected chi connectivity index (χ2v) is 12.0. The van der Waals surface area contributed by atoms with Gasteiger partial charge in [-0.25, -0.2) is 4.98 Å². The van der Waals surface area contributed by atoms with Crippen molar-refractivity contribution < 1.29 is 29.3 Å². The molecule has 2 saturated heterocycles. The molecule has 2 aliphatic heterocycles. The van der Waals surface area contributed by atoms with Crippen molar-refractivity contribution >= 4 is 40.8 Å². The van der Waals surface area contributed by atoms with Gasteiger partial charge in [0.15, 0.2) is 12.2 Å². The zero-order valence-corrected chi connectivity index (χ0v) is 22.8. The molecule has 0 aliphatic carbocycles. The van der Waals surface area contributed by atoms with Crippen molar-refractivity contribution in [3.8, 4) is 0 Å². The largest absolute Gasteiger partial charge is 0.455 e. The monoisotopic (exact) mass is 527 g/mol. The second kappa shape index (κ2) is 11.4. The van der Waals surface area contributed by atoms with Gasteiger partial charge in [0.25, 0.3) is 0 Å². The zero-order valence-electron chi connectivity index (χ0n) is 21.3. The molecule has 0 aromatic carbocycles. The van der Waals surface area contributed by atoms with E-state index < -0.39 is 35.5 Å². The lowest BCUT2D eigenvalue weighted by Gasteiger charge is -2.29. The Morgan fingerprint density at radius 3 is 2.69 bits per heavy atom. The number of halogens is 1. The molecule has 2 N–H and O–H groups in total. The molecular formula is C26H38ClNO6S. The first-order chi connectivity index (χ1) is 16.4. The summed E-state index contributed by atoms with van der Waals surface area (Å²) in [4.78, 5) is 30.4. The first kappa shape index (κ1) is 28.3. The summed E-state index contributed by atoms with van der Waals surface area (Å²) in [5.41, 5.74) is 0.488. The average molecular weight is 528 g/mol. The Hall–Kier alpha value is -1.32. The van der Waals surface area contributed by atoms with E-state index >= 15 is 0 Å². The molecule has 6 unspecified atom stereocenters. The van der Waals surface area contributed by atoms with Gasteiger partial charge >= 0.3 is 5.97 Å². The fourth-order valence-electron chi connectivity index (χ4n) is 5.00. The number of rotatable bonds is 3. The molecule has 196 valence electrons. The van der Waals surface area contributed by atoms with Crippen LogP contribution in [0.25, 0.3) is 6.08 Å². The average Bonchev–Trinajstić information content (AvgIpc) is 3.24. The normalized spacial score (nSPS) is 35.3. The molecule has 1 aromatic rings. The molecular weight excluding hydrogens is 490 g/mol. The standard InChI is InChI=1S/C26H38ClNO6S/c1-15-7-6-8-19-26(32,34-19)24(31)22(16(2)12-18-14-35-20(13-27)28-18)33-21(29)9-10-25(4,5)23(30)17(3)11-15/h12,14-15,17,19,22,24,31-32H,6-11,13H2,1-5H3. The van der Waals surface area contributed by atoms with Crippen LogP contribution in [0.4, 0.5) is 0 Å². The van der Waals surface area contributed by atoms with Gasteiger partial charge < -0.3 is 19.7 Å². The SMILES string of the molecule is CC(=Cc1csc(CCl)n1)C1OC(=O)CCC(C)(C)C(=O)C(C)CC(C)CCCC2OC2(O)C1O. The van der Waals surface area contributed by atoms with E-state index in [2.05, 4.69) is 11.9 Å². The molecule has 2 fully saturated rings. The molecule has 1 aromatic heterocycles. The fraction of sp³-hybridized carbons (Fsp3) is 0.731. The molecule has 2 aliphatic rings. The molecule has 3 heterocycles. The van der Waals surface area contributed by atoms with Crippen LogP contribution < -0.4 is 0 Å². The van der Waals surface area contributed by atoms with Crippen LogP contribution in [-0.4, -0.2) is 51.0 Å². The number of alkyl halides is 1. The van der Waals surface area contributed by atoms with E-state index in [0.717, 1.165) is 24.3 Å². The molecule has 0 amide bonds. The van der Waals surface area contributed by atoms with Gasteiger partial charge in [-0.3, -0.25) is 9.59 Å². The molecule has 3 rings (SSSR count). The summed E-state index contributed by atoms with van der Waals surface area (Å²) in [6.45, 7) is 9.54. The van der Waals surface area contributed by atoms with Crippen LogP contribution in [0.3, 0.4) is 0 Å². The minimum Gasteiger partial charge on any atom is -0.455 e. The van der Waals surface area contributed by atoms with Gasteiger partial charge in [-0.15, -0.1) is 22.9 Å². The van der Waals surface area contributed by atoms with E-state index in [1.54, 1.807) is 13.0 Å². The smallest absolute Gasteiger partial charge is 0.306 e. The molecule has 0 spiro atoms. The lowest BCUT2D eigenvalue weighted by Crippen LogP contribution is -2.45. The number of hydrogen-bond acceptors (Lipinski definition) is 8. The van der Waals surface area contributed by atoms with Crippen molar-refractivity contribution in [2.45, 2.75) is 103 Å². The number of aliphatic hydroxyl groups excluding tert-OH is 1. The van der Waals surface area contributed by atoms with Crippen molar-refractivity contribution in [2.75, 3.05) is 0 Å². The van der Waals surface area contributed by atoms with Gasteiger partial charge in [-0.05, 0) is 43.8 Å². The number of thiazole rings is 1. The summed E-state index contributed by atoms with van der Waals surface area (Å²) < 4.78 is 11.2. The van der Waals surface area contributed by atoms with Gasteiger partial charge in [0.1, 0.15) is 16.9 Å². The topological polar surface area (TPSA) is 109 Å². The fourth-order valence-corrected chi connectivity index (χ4v) is 5.84. The zero-order chi connectivity index (χ0) is 26.0. The summed E-state index contributed by atoms with van der Waals surface area (Å²) in [7, 11) is 0. The van der Waals surface area contributed by atoms with E-state index in [0.29, 0.717) is 35.9 Å². The first-order valence-electron chi connectivity index (χ1n) is 12.4. The molecule has 6 atom stereocenters. The minimum atomic E-state index is -1.77. The Bertz CT molecular complexity index is 946. The summed E-state index contributed by atoms with van der Waals surface area (Å²) in [6.07, 6.45) is 1.99. The second-order valence-electron chi connectivity index (χ2n) is 10.8. The number of Topliss-reactive ketones (excluding diaryl/α,β-unsaturated/α-hetero) is 1. The first-order valence-corrected chi connectivity index (χ1v) is 13.8. The van der Waals surface area contributed by atoms with E-state index in [1.165, 1.54) is 11.3 Å². The third-order valence-electron chi connectivity index (χ3n) is 7.20. The third kappa shape index (κ3) is 6.92. The van der Waals surface area contributed by atoms with Gasteiger partial charge in [-0.2, -0.15) is 0 Å². The van der Waals surface area contributed by atoms with Crippen LogP contribution in [0.15, 0.2) is 11.0 Å². The van der Waals surface area contributed by atoms with Gasteiger partial charge in [0.2, 0.25) is 5.79 Å². The van der Waals surface area contributed by atoms with Crippen LogP contribution in [-0.2, 0) is 24.9 Å². The Labute approximate surface area is 216 Å². The van der Waals surface area contributed by atoms with Crippen molar-refractivity contribution in [3.05, 3.63) is 21.7 Å². The maximum atomic E-state index is 13.1.